The summed E-state index contributed by atoms with van der Waals surface area (Å²) >= 11 is 0. The smallest absolute Gasteiger partial charge is 0.251 e. The summed E-state index contributed by atoms with van der Waals surface area (Å²) in [7, 11) is 0. The predicted octanol–water partition coefficient (Wildman–Crippen LogP) is 3.06. The number of carbonyl (C=O) groups is 1. The van der Waals surface area contributed by atoms with E-state index in [0.717, 1.165) is 50.0 Å². The Hall–Kier alpha value is -2.17. The number of likely N-dealkylation sites (tertiary alicyclic amines) is 1. The molecule has 0 spiro atoms. The van der Waals surface area contributed by atoms with Crippen molar-refractivity contribution in [3.05, 3.63) is 70.3 Å². The Morgan fingerprint density at radius 2 is 1.85 bits per heavy atom. The summed E-state index contributed by atoms with van der Waals surface area (Å²) in [5.41, 5.74) is 5.86. The van der Waals surface area contributed by atoms with Gasteiger partial charge in [-0.15, -0.1) is 0 Å². The van der Waals surface area contributed by atoms with Crippen molar-refractivity contribution >= 4 is 5.91 Å². The number of carbonyl (C=O) groups excluding carboxylic acids is 1. The minimum Gasteiger partial charge on any atom is -0.392 e. The van der Waals surface area contributed by atoms with Gasteiger partial charge in [0.1, 0.15) is 0 Å². The number of benzene rings is 2. The summed E-state index contributed by atoms with van der Waals surface area (Å²) in [5.74, 6) is -0.00484. The van der Waals surface area contributed by atoms with Crippen LogP contribution < -0.4 is 5.32 Å². The monoisotopic (exact) mass is 364 g/mol. The number of hydrogen-bond donors (Lipinski definition) is 2. The number of aryl methyl sites for hydroxylation is 2. The van der Waals surface area contributed by atoms with E-state index in [1.165, 1.54) is 29.5 Å². The molecule has 1 heterocycles. The molecule has 142 valence electrons. The van der Waals surface area contributed by atoms with E-state index in [9.17, 15) is 9.90 Å². The van der Waals surface area contributed by atoms with Crippen LogP contribution in [0, 0.1) is 0 Å². The number of nitrogens with one attached hydrogen (secondary N) is 1. The van der Waals surface area contributed by atoms with Gasteiger partial charge in [-0.05, 0) is 66.5 Å². The topological polar surface area (TPSA) is 52.6 Å². The van der Waals surface area contributed by atoms with Gasteiger partial charge in [0.2, 0.25) is 0 Å². The molecule has 1 unspecified atom stereocenters. The maximum Gasteiger partial charge on any atom is 0.251 e. The van der Waals surface area contributed by atoms with Gasteiger partial charge in [-0.25, -0.2) is 0 Å². The highest BCUT2D eigenvalue weighted by molar-refractivity contribution is 5.94. The van der Waals surface area contributed by atoms with Crippen molar-refractivity contribution in [2.24, 2.45) is 0 Å². The van der Waals surface area contributed by atoms with E-state index in [2.05, 4.69) is 34.5 Å². The number of fused-ring (bicyclic) bond motifs is 1. The highest BCUT2D eigenvalue weighted by atomic mass is 16.3. The van der Waals surface area contributed by atoms with Gasteiger partial charge in [0, 0.05) is 31.7 Å². The van der Waals surface area contributed by atoms with Crippen molar-refractivity contribution in [1.82, 2.24) is 10.2 Å². The van der Waals surface area contributed by atoms with Crippen LogP contribution in [0.2, 0.25) is 0 Å². The number of aliphatic hydroxyl groups excluding tert-OH is 1. The van der Waals surface area contributed by atoms with Crippen LogP contribution in [-0.4, -0.2) is 35.1 Å². The van der Waals surface area contributed by atoms with Crippen LogP contribution in [0.15, 0.2) is 42.5 Å². The Kier molecular flexibility index (Phi) is 5.55. The van der Waals surface area contributed by atoms with Crippen LogP contribution in [0.3, 0.4) is 0 Å². The van der Waals surface area contributed by atoms with Crippen LogP contribution in [0.5, 0.6) is 0 Å². The van der Waals surface area contributed by atoms with Gasteiger partial charge < -0.3 is 10.4 Å². The first-order chi connectivity index (χ1) is 13.2. The molecule has 2 aliphatic rings. The van der Waals surface area contributed by atoms with Crippen LogP contribution in [-0.2, 0) is 25.9 Å². The minimum atomic E-state index is -0.208. The van der Waals surface area contributed by atoms with Crippen molar-refractivity contribution in [2.75, 3.05) is 13.1 Å². The summed E-state index contributed by atoms with van der Waals surface area (Å²) in [5, 5.41) is 12.8. The quantitative estimate of drug-likeness (QED) is 0.857. The molecule has 0 saturated carbocycles. The van der Waals surface area contributed by atoms with Crippen LogP contribution >= 0.6 is 0 Å². The fourth-order valence-corrected chi connectivity index (χ4v) is 4.23. The number of β-amino-alcohol motifs (C(OH)–C–C–N with tert-alkyl or cyclic N) is 1. The molecule has 1 aliphatic carbocycles. The molecular weight excluding hydrogens is 336 g/mol. The van der Waals surface area contributed by atoms with Crippen molar-refractivity contribution in [3.63, 3.8) is 0 Å². The predicted molar refractivity (Wildman–Crippen MR) is 107 cm³/mol. The number of hydrogen-bond acceptors (Lipinski definition) is 3. The standard InChI is InChI=1S/C23H28N2O2/c26-22-11-12-25(16-22)15-21-8-4-3-7-20(21)14-24-23(27)19-10-9-17-5-1-2-6-18(17)13-19/h3-4,7-10,13,22,26H,1-2,5-6,11-12,14-16H2,(H,24,27). The van der Waals surface area contributed by atoms with E-state index in [1.807, 2.05) is 18.2 Å². The highest BCUT2D eigenvalue weighted by Gasteiger charge is 2.21. The first-order valence-corrected chi connectivity index (χ1v) is 10.1. The number of aliphatic hydroxyl groups is 1. The molecule has 2 aromatic carbocycles. The molecule has 2 aromatic rings. The third kappa shape index (κ3) is 4.40. The third-order valence-electron chi connectivity index (χ3n) is 5.81. The SMILES string of the molecule is O=C(NCc1ccccc1CN1CCC(O)C1)c1ccc2c(c1)CCCC2. The second-order valence-electron chi connectivity index (χ2n) is 7.82. The van der Waals surface area contributed by atoms with E-state index in [4.69, 9.17) is 0 Å². The van der Waals surface area contributed by atoms with Gasteiger partial charge in [0.25, 0.3) is 5.91 Å². The maximum absolute atomic E-state index is 12.6. The van der Waals surface area contributed by atoms with Gasteiger partial charge in [-0.2, -0.15) is 0 Å². The van der Waals surface area contributed by atoms with Crippen molar-refractivity contribution in [1.29, 1.82) is 0 Å². The summed E-state index contributed by atoms with van der Waals surface area (Å²) in [6.45, 7) is 3.01. The Labute approximate surface area is 161 Å². The average Bonchev–Trinajstić information content (AvgIpc) is 3.11. The fraction of sp³-hybridized carbons (Fsp3) is 0.435. The average molecular weight is 364 g/mol. The first kappa shape index (κ1) is 18.2. The van der Waals surface area contributed by atoms with E-state index in [-0.39, 0.29) is 12.0 Å². The number of nitrogens with zero attached hydrogens (tertiary/aromatic N) is 1. The second kappa shape index (κ2) is 8.24. The Balaban J connectivity index is 1.40. The highest BCUT2D eigenvalue weighted by Crippen LogP contribution is 2.22. The van der Waals surface area contributed by atoms with E-state index >= 15 is 0 Å². The van der Waals surface area contributed by atoms with Crippen molar-refractivity contribution < 1.29 is 9.90 Å². The van der Waals surface area contributed by atoms with Gasteiger partial charge in [-0.1, -0.05) is 30.3 Å². The lowest BCUT2D eigenvalue weighted by atomic mass is 9.90. The molecule has 4 rings (SSSR count). The number of rotatable bonds is 5. The molecule has 1 saturated heterocycles. The summed E-state index contributed by atoms with van der Waals surface area (Å²) < 4.78 is 0. The molecule has 2 N–H and O–H groups in total. The van der Waals surface area contributed by atoms with Gasteiger partial charge in [-0.3, -0.25) is 9.69 Å². The Morgan fingerprint density at radius 1 is 1.07 bits per heavy atom. The van der Waals surface area contributed by atoms with Gasteiger partial charge in [0.05, 0.1) is 6.10 Å². The summed E-state index contributed by atoms with van der Waals surface area (Å²) in [6, 6.07) is 14.4. The third-order valence-corrected chi connectivity index (χ3v) is 5.81. The summed E-state index contributed by atoms with van der Waals surface area (Å²) in [4.78, 5) is 14.9. The van der Waals surface area contributed by atoms with Crippen molar-refractivity contribution in [2.45, 2.75) is 51.3 Å². The zero-order valence-corrected chi connectivity index (χ0v) is 15.8. The Morgan fingerprint density at radius 3 is 2.63 bits per heavy atom. The molecule has 0 bridgehead atoms. The van der Waals surface area contributed by atoms with Gasteiger partial charge in [0.15, 0.2) is 0 Å². The van der Waals surface area contributed by atoms with Crippen LogP contribution in [0.25, 0.3) is 0 Å². The lowest BCUT2D eigenvalue weighted by molar-refractivity contribution is 0.0950. The summed E-state index contributed by atoms with van der Waals surface area (Å²) in [6.07, 6.45) is 5.33. The first-order valence-electron chi connectivity index (χ1n) is 10.1. The molecule has 4 nitrogen and oxygen atoms in total. The molecule has 27 heavy (non-hydrogen) atoms. The molecule has 1 aliphatic heterocycles. The molecule has 4 heteroatoms. The molecule has 0 aromatic heterocycles. The van der Waals surface area contributed by atoms with Crippen LogP contribution in [0.4, 0.5) is 0 Å². The molecule has 1 fully saturated rings. The minimum absolute atomic E-state index is 0.00484. The Bertz CT molecular complexity index is 818. The maximum atomic E-state index is 12.6. The normalized spacial score (nSPS) is 19.7. The molecule has 1 atom stereocenters. The molecule has 1 amide bonds. The fourth-order valence-electron chi connectivity index (χ4n) is 4.23. The van der Waals surface area contributed by atoms with E-state index < -0.39 is 0 Å². The van der Waals surface area contributed by atoms with Crippen molar-refractivity contribution in [3.8, 4) is 0 Å². The molecular formula is C23H28N2O2. The lowest BCUT2D eigenvalue weighted by Gasteiger charge is -2.18. The second-order valence-corrected chi connectivity index (χ2v) is 7.82. The van der Waals surface area contributed by atoms with E-state index in [1.54, 1.807) is 0 Å². The zero-order chi connectivity index (χ0) is 18.6. The van der Waals surface area contributed by atoms with E-state index in [0.29, 0.717) is 6.54 Å². The van der Waals surface area contributed by atoms with Gasteiger partial charge >= 0.3 is 0 Å². The number of amides is 1. The molecule has 0 radical (unpaired) electrons. The largest absolute Gasteiger partial charge is 0.392 e. The van der Waals surface area contributed by atoms with Crippen LogP contribution in [0.1, 0.15) is 51.9 Å². The zero-order valence-electron chi connectivity index (χ0n) is 15.8. The lowest BCUT2D eigenvalue weighted by Crippen LogP contribution is -2.26.